The van der Waals surface area contributed by atoms with Crippen molar-refractivity contribution in [1.29, 1.82) is 5.26 Å². The van der Waals surface area contributed by atoms with Crippen LogP contribution in [-0.4, -0.2) is 35.3 Å². The Morgan fingerprint density at radius 1 is 1.13 bits per heavy atom. The van der Waals surface area contributed by atoms with E-state index in [-0.39, 0.29) is 17.7 Å². The van der Waals surface area contributed by atoms with Gasteiger partial charge in [-0.25, -0.2) is 0 Å². The number of likely N-dealkylation sites (tertiary alicyclic amines) is 1. The van der Waals surface area contributed by atoms with Gasteiger partial charge >= 0.3 is 6.18 Å². The van der Waals surface area contributed by atoms with Crippen LogP contribution in [0.15, 0.2) is 24.3 Å². The second-order valence-corrected chi connectivity index (χ2v) is 9.07. The van der Waals surface area contributed by atoms with E-state index in [2.05, 4.69) is 11.4 Å². The SMILES string of the molecule is N#CC1(NC(=O)C2CCCC[C@H]2C(=O)N2CCC(c3cccc(C(F)(F)F)c3)C2)CC1. The van der Waals surface area contributed by atoms with Gasteiger partial charge in [0.05, 0.1) is 11.6 Å². The van der Waals surface area contributed by atoms with Crippen LogP contribution in [0.5, 0.6) is 0 Å². The molecule has 1 saturated heterocycles. The summed E-state index contributed by atoms with van der Waals surface area (Å²) in [5.41, 5.74) is -0.845. The molecule has 0 aromatic heterocycles. The van der Waals surface area contributed by atoms with Gasteiger partial charge in [-0.1, -0.05) is 31.0 Å². The summed E-state index contributed by atoms with van der Waals surface area (Å²) in [5.74, 6) is -1.32. The Morgan fingerprint density at radius 2 is 1.84 bits per heavy atom. The molecule has 0 bridgehead atoms. The Balaban J connectivity index is 1.43. The topological polar surface area (TPSA) is 73.2 Å². The summed E-state index contributed by atoms with van der Waals surface area (Å²) < 4.78 is 39.1. The summed E-state index contributed by atoms with van der Waals surface area (Å²) in [7, 11) is 0. The highest BCUT2D eigenvalue weighted by molar-refractivity contribution is 5.89. The third-order valence-electron chi connectivity index (χ3n) is 6.93. The van der Waals surface area contributed by atoms with Crippen LogP contribution >= 0.6 is 0 Å². The van der Waals surface area contributed by atoms with E-state index in [0.717, 1.165) is 18.9 Å². The number of hydrogen-bond donors (Lipinski definition) is 1. The number of halogens is 3. The van der Waals surface area contributed by atoms with Gasteiger partial charge < -0.3 is 10.2 Å². The molecule has 1 aliphatic heterocycles. The lowest BCUT2D eigenvalue weighted by molar-refractivity contribution is -0.143. The fourth-order valence-corrected chi connectivity index (χ4v) is 4.89. The zero-order valence-electron chi connectivity index (χ0n) is 17.3. The molecule has 1 N–H and O–H groups in total. The van der Waals surface area contributed by atoms with E-state index in [9.17, 15) is 28.0 Å². The molecule has 166 valence electrons. The molecule has 1 aromatic carbocycles. The molecule has 0 radical (unpaired) electrons. The van der Waals surface area contributed by atoms with E-state index in [0.29, 0.717) is 50.8 Å². The summed E-state index contributed by atoms with van der Waals surface area (Å²) in [6.07, 6.45) is 0.485. The maximum Gasteiger partial charge on any atom is 0.416 e. The first kappa shape index (κ1) is 21.7. The minimum atomic E-state index is -4.39. The predicted molar refractivity (Wildman–Crippen MR) is 107 cm³/mol. The molecule has 1 aromatic rings. The number of carbonyl (C=O) groups excluding carboxylic acids is 2. The van der Waals surface area contributed by atoms with Crippen LogP contribution in [0.2, 0.25) is 0 Å². The number of nitrogens with zero attached hydrogens (tertiary/aromatic N) is 2. The van der Waals surface area contributed by atoms with E-state index >= 15 is 0 Å². The molecule has 2 aliphatic carbocycles. The van der Waals surface area contributed by atoms with Crippen molar-refractivity contribution in [1.82, 2.24) is 10.2 Å². The molecule has 4 rings (SSSR count). The lowest BCUT2D eigenvalue weighted by Gasteiger charge is -2.33. The van der Waals surface area contributed by atoms with Gasteiger partial charge in [0.15, 0.2) is 0 Å². The Kier molecular flexibility index (Phi) is 5.71. The second-order valence-electron chi connectivity index (χ2n) is 9.07. The zero-order valence-corrected chi connectivity index (χ0v) is 17.3. The number of alkyl halides is 3. The van der Waals surface area contributed by atoms with Gasteiger partial charge in [0, 0.05) is 30.8 Å². The third-order valence-corrected chi connectivity index (χ3v) is 6.93. The summed E-state index contributed by atoms with van der Waals surface area (Å²) >= 11 is 0. The van der Waals surface area contributed by atoms with E-state index in [4.69, 9.17) is 0 Å². The summed E-state index contributed by atoms with van der Waals surface area (Å²) in [5, 5.41) is 12.1. The molecule has 2 unspecified atom stereocenters. The quantitative estimate of drug-likeness (QED) is 0.780. The van der Waals surface area contributed by atoms with Crippen LogP contribution in [0.25, 0.3) is 0 Å². The Hall–Kier alpha value is -2.56. The van der Waals surface area contributed by atoms with Gasteiger partial charge in [-0.05, 0) is 43.7 Å². The largest absolute Gasteiger partial charge is 0.416 e. The van der Waals surface area contributed by atoms with E-state index in [1.807, 2.05) is 0 Å². The third kappa shape index (κ3) is 4.56. The van der Waals surface area contributed by atoms with Crippen molar-refractivity contribution < 1.29 is 22.8 Å². The highest BCUT2D eigenvalue weighted by atomic mass is 19.4. The minimum Gasteiger partial charge on any atom is -0.342 e. The van der Waals surface area contributed by atoms with E-state index in [1.54, 1.807) is 11.0 Å². The van der Waals surface area contributed by atoms with Crippen molar-refractivity contribution >= 4 is 11.8 Å². The second kappa shape index (κ2) is 8.18. The van der Waals surface area contributed by atoms with Crippen LogP contribution < -0.4 is 5.32 Å². The molecule has 8 heteroatoms. The average Bonchev–Trinajstić information content (AvgIpc) is 3.36. The maximum absolute atomic E-state index is 13.3. The number of hydrogen-bond acceptors (Lipinski definition) is 3. The van der Waals surface area contributed by atoms with Crippen molar-refractivity contribution in [3.63, 3.8) is 0 Å². The molecule has 2 saturated carbocycles. The van der Waals surface area contributed by atoms with Crippen molar-refractivity contribution in [3.05, 3.63) is 35.4 Å². The lowest BCUT2D eigenvalue weighted by Crippen LogP contribution is -2.47. The fourth-order valence-electron chi connectivity index (χ4n) is 4.89. The maximum atomic E-state index is 13.3. The first-order chi connectivity index (χ1) is 14.7. The first-order valence-electron chi connectivity index (χ1n) is 10.9. The van der Waals surface area contributed by atoms with Gasteiger partial charge in [0.2, 0.25) is 11.8 Å². The molecule has 31 heavy (non-hydrogen) atoms. The molecule has 5 nitrogen and oxygen atoms in total. The molecule has 3 atom stereocenters. The first-order valence-corrected chi connectivity index (χ1v) is 10.9. The normalized spacial score (nSPS) is 27.4. The molecule has 3 aliphatic rings. The highest BCUT2D eigenvalue weighted by Gasteiger charge is 2.48. The summed E-state index contributed by atoms with van der Waals surface area (Å²) in [4.78, 5) is 27.8. The lowest BCUT2D eigenvalue weighted by atomic mass is 9.77. The van der Waals surface area contributed by atoms with Crippen LogP contribution in [0.3, 0.4) is 0 Å². The Morgan fingerprint density at radius 3 is 2.48 bits per heavy atom. The highest BCUT2D eigenvalue weighted by Crippen LogP contribution is 2.39. The minimum absolute atomic E-state index is 0.0869. The Labute approximate surface area is 179 Å². The number of benzene rings is 1. The van der Waals surface area contributed by atoms with Gasteiger partial charge in [-0.3, -0.25) is 9.59 Å². The smallest absolute Gasteiger partial charge is 0.342 e. The number of nitrogens with one attached hydrogen (secondary N) is 1. The molecule has 3 fully saturated rings. The standard InChI is InChI=1S/C23H26F3N3O2/c24-23(25,26)17-5-3-4-15(12-17)16-8-11-29(13-16)21(31)19-7-2-1-6-18(19)20(30)28-22(14-27)9-10-22/h3-5,12,16,18-19H,1-2,6-11,13H2,(H,28,30)/t16?,18?,19-/m1/s1. The van der Waals surface area contributed by atoms with Crippen LogP contribution in [-0.2, 0) is 15.8 Å². The van der Waals surface area contributed by atoms with E-state index < -0.39 is 29.1 Å². The van der Waals surface area contributed by atoms with Crippen LogP contribution in [0.4, 0.5) is 13.2 Å². The van der Waals surface area contributed by atoms with Crippen molar-refractivity contribution in [2.75, 3.05) is 13.1 Å². The Bertz CT molecular complexity index is 904. The number of nitriles is 1. The van der Waals surface area contributed by atoms with Crippen molar-refractivity contribution in [3.8, 4) is 6.07 Å². The van der Waals surface area contributed by atoms with Gasteiger partial charge in [-0.2, -0.15) is 18.4 Å². The number of amides is 2. The van der Waals surface area contributed by atoms with Crippen molar-refractivity contribution in [2.45, 2.75) is 62.6 Å². The van der Waals surface area contributed by atoms with Gasteiger partial charge in [0.1, 0.15) is 5.54 Å². The monoisotopic (exact) mass is 433 g/mol. The molecular formula is C23H26F3N3O2. The van der Waals surface area contributed by atoms with Gasteiger partial charge in [0.25, 0.3) is 0 Å². The number of carbonyl (C=O) groups is 2. The van der Waals surface area contributed by atoms with E-state index in [1.165, 1.54) is 12.1 Å². The molecular weight excluding hydrogens is 407 g/mol. The van der Waals surface area contributed by atoms with Crippen LogP contribution in [0, 0.1) is 23.2 Å². The summed E-state index contributed by atoms with van der Waals surface area (Å²) in [6, 6.07) is 7.47. The number of rotatable bonds is 4. The summed E-state index contributed by atoms with van der Waals surface area (Å²) in [6.45, 7) is 0.847. The zero-order chi connectivity index (χ0) is 22.2. The molecule has 0 spiro atoms. The molecule has 1 heterocycles. The average molecular weight is 433 g/mol. The fraction of sp³-hybridized carbons (Fsp3) is 0.609. The van der Waals surface area contributed by atoms with Crippen molar-refractivity contribution in [2.24, 2.45) is 11.8 Å². The van der Waals surface area contributed by atoms with Crippen LogP contribution in [0.1, 0.15) is 62.0 Å². The predicted octanol–water partition coefficient (Wildman–Crippen LogP) is 4.00. The van der Waals surface area contributed by atoms with Gasteiger partial charge in [-0.15, -0.1) is 0 Å². The molecule has 2 amide bonds.